The van der Waals surface area contributed by atoms with E-state index in [1.54, 1.807) is 18.2 Å². The van der Waals surface area contributed by atoms with Crippen molar-refractivity contribution in [2.45, 2.75) is 31.0 Å². The minimum Gasteiger partial charge on any atom is -0.299 e. The molecule has 1 aliphatic carbocycles. The van der Waals surface area contributed by atoms with E-state index in [1.807, 2.05) is 4.57 Å². The van der Waals surface area contributed by atoms with Crippen molar-refractivity contribution in [2.75, 3.05) is 5.75 Å². The Morgan fingerprint density at radius 1 is 1.29 bits per heavy atom. The molecule has 7 nitrogen and oxygen atoms in total. The van der Waals surface area contributed by atoms with Crippen molar-refractivity contribution in [3.05, 3.63) is 30.1 Å². The average molecular weight is 349 g/mol. The van der Waals surface area contributed by atoms with Crippen LogP contribution in [0.25, 0.3) is 11.4 Å². The van der Waals surface area contributed by atoms with Crippen LogP contribution in [0.1, 0.15) is 25.8 Å². The van der Waals surface area contributed by atoms with Gasteiger partial charge in [0.15, 0.2) is 11.0 Å². The van der Waals surface area contributed by atoms with Crippen LogP contribution in [0.5, 0.6) is 0 Å². The molecule has 2 aromatic rings. The highest BCUT2D eigenvalue weighted by molar-refractivity contribution is 7.99. The van der Waals surface area contributed by atoms with Gasteiger partial charge < -0.3 is 0 Å². The smallest absolute Gasteiger partial charge is 0.248 e. The lowest BCUT2D eigenvalue weighted by molar-refractivity contribution is -0.126. The second-order valence-electron chi connectivity index (χ2n) is 5.41. The summed E-state index contributed by atoms with van der Waals surface area (Å²) in [4.78, 5) is 22.5. The van der Waals surface area contributed by atoms with Gasteiger partial charge in [-0.1, -0.05) is 23.9 Å². The molecular weight excluding hydrogens is 333 g/mol. The number of hydrogen-bond donors (Lipinski definition) is 2. The molecule has 0 saturated heterocycles. The first-order chi connectivity index (χ1) is 11.6. The molecule has 2 N–H and O–H groups in total. The molecule has 0 atom stereocenters. The maximum absolute atomic E-state index is 14.0. The van der Waals surface area contributed by atoms with Gasteiger partial charge in [0, 0.05) is 13.0 Å². The summed E-state index contributed by atoms with van der Waals surface area (Å²) < 4.78 is 15.9. The van der Waals surface area contributed by atoms with Gasteiger partial charge in [0.05, 0.1) is 11.3 Å². The molecule has 0 aliphatic heterocycles. The number of nitrogens with zero attached hydrogens (tertiary/aromatic N) is 3. The quantitative estimate of drug-likeness (QED) is 0.633. The lowest BCUT2D eigenvalue weighted by Gasteiger charge is -2.09. The van der Waals surface area contributed by atoms with Crippen LogP contribution in [0.15, 0.2) is 29.4 Å². The molecule has 2 amide bonds. The summed E-state index contributed by atoms with van der Waals surface area (Å²) in [6.45, 7) is 1.30. The molecule has 3 rings (SSSR count). The molecule has 1 aromatic carbocycles. The molecule has 0 radical (unpaired) electrons. The van der Waals surface area contributed by atoms with Gasteiger partial charge in [0.25, 0.3) is 0 Å². The van der Waals surface area contributed by atoms with Crippen LogP contribution in [0, 0.1) is 5.82 Å². The minimum absolute atomic E-state index is 0.0718. The summed E-state index contributed by atoms with van der Waals surface area (Å²) in [5.74, 6) is -0.515. The van der Waals surface area contributed by atoms with Crippen molar-refractivity contribution in [1.82, 2.24) is 25.6 Å². The summed E-state index contributed by atoms with van der Waals surface area (Å²) in [5.41, 5.74) is 4.91. The fourth-order valence-electron chi connectivity index (χ4n) is 2.19. The Balaban J connectivity index is 1.76. The molecule has 0 unspecified atom stereocenters. The van der Waals surface area contributed by atoms with Crippen molar-refractivity contribution < 1.29 is 14.0 Å². The summed E-state index contributed by atoms with van der Waals surface area (Å²) in [7, 11) is 0. The molecule has 9 heteroatoms. The molecule has 0 spiro atoms. The SMILES string of the molecule is CC(=O)NNC(=O)CSc1nnc(-c2ccccc2F)n1C1CC1. The summed E-state index contributed by atoms with van der Waals surface area (Å²) in [6, 6.07) is 6.65. The van der Waals surface area contributed by atoms with Gasteiger partial charge in [-0.15, -0.1) is 10.2 Å². The standard InChI is InChI=1S/C15H16FN5O2S/c1-9(22)17-18-13(23)8-24-15-20-19-14(21(15)10-6-7-10)11-4-2-3-5-12(11)16/h2-5,10H,6-8H2,1H3,(H,17,22)(H,18,23). The van der Waals surface area contributed by atoms with Gasteiger partial charge in [-0.2, -0.15) is 0 Å². The van der Waals surface area contributed by atoms with Gasteiger partial charge in [0.2, 0.25) is 11.8 Å². The number of amides is 2. The van der Waals surface area contributed by atoms with E-state index in [4.69, 9.17) is 0 Å². The summed E-state index contributed by atoms with van der Waals surface area (Å²) >= 11 is 1.20. The predicted molar refractivity (Wildman–Crippen MR) is 86.4 cm³/mol. The fraction of sp³-hybridized carbons (Fsp3) is 0.333. The number of aromatic nitrogens is 3. The van der Waals surface area contributed by atoms with Crippen LogP contribution in [0.3, 0.4) is 0 Å². The zero-order valence-corrected chi connectivity index (χ0v) is 13.8. The third kappa shape index (κ3) is 3.73. The largest absolute Gasteiger partial charge is 0.299 e. The number of hydrogen-bond acceptors (Lipinski definition) is 5. The van der Waals surface area contributed by atoms with Crippen LogP contribution >= 0.6 is 11.8 Å². The van der Waals surface area contributed by atoms with Crippen molar-refractivity contribution in [1.29, 1.82) is 0 Å². The van der Waals surface area contributed by atoms with E-state index >= 15 is 0 Å². The van der Waals surface area contributed by atoms with Gasteiger partial charge in [-0.25, -0.2) is 4.39 Å². The summed E-state index contributed by atoms with van der Waals surface area (Å²) in [5, 5.41) is 8.78. The Bertz CT molecular complexity index is 775. The Morgan fingerprint density at radius 2 is 2.04 bits per heavy atom. The van der Waals surface area contributed by atoms with E-state index in [0.29, 0.717) is 16.5 Å². The van der Waals surface area contributed by atoms with Gasteiger partial charge in [0.1, 0.15) is 5.82 Å². The highest BCUT2D eigenvalue weighted by Crippen LogP contribution is 2.41. The van der Waals surface area contributed by atoms with Crippen molar-refractivity contribution in [2.24, 2.45) is 0 Å². The van der Waals surface area contributed by atoms with E-state index in [0.717, 1.165) is 12.8 Å². The maximum atomic E-state index is 14.0. The van der Waals surface area contributed by atoms with Crippen LogP contribution < -0.4 is 10.9 Å². The second-order valence-corrected chi connectivity index (χ2v) is 6.35. The molecule has 1 fully saturated rings. The second kappa shape index (κ2) is 7.00. The average Bonchev–Trinajstić information content (AvgIpc) is 3.31. The van der Waals surface area contributed by atoms with E-state index in [1.165, 1.54) is 24.8 Å². The number of hydrazine groups is 1. The molecule has 1 aromatic heterocycles. The monoisotopic (exact) mass is 349 g/mol. The van der Waals surface area contributed by atoms with Crippen LogP contribution in [0.4, 0.5) is 4.39 Å². The molecular formula is C15H16FN5O2S. The van der Waals surface area contributed by atoms with Crippen molar-refractivity contribution >= 4 is 23.6 Å². The number of nitrogens with one attached hydrogen (secondary N) is 2. The Morgan fingerprint density at radius 3 is 2.71 bits per heavy atom. The first kappa shape index (κ1) is 16.4. The van der Waals surface area contributed by atoms with Crippen molar-refractivity contribution in [3.8, 4) is 11.4 Å². The first-order valence-corrected chi connectivity index (χ1v) is 8.43. The molecule has 1 aliphatic rings. The van der Waals surface area contributed by atoms with Crippen LogP contribution in [-0.4, -0.2) is 32.3 Å². The van der Waals surface area contributed by atoms with Crippen LogP contribution in [0.2, 0.25) is 0 Å². The maximum Gasteiger partial charge on any atom is 0.248 e. The molecule has 0 bridgehead atoms. The molecule has 24 heavy (non-hydrogen) atoms. The van der Waals surface area contributed by atoms with E-state index in [-0.39, 0.29) is 29.4 Å². The number of benzene rings is 1. The lowest BCUT2D eigenvalue weighted by Crippen LogP contribution is -2.41. The Labute approximate surface area is 142 Å². The Kier molecular flexibility index (Phi) is 4.79. The number of rotatable bonds is 5. The lowest BCUT2D eigenvalue weighted by atomic mass is 10.2. The summed E-state index contributed by atoms with van der Waals surface area (Å²) in [6.07, 6.45) is 1.95. The first-order valence-electron chi connectivity index (χ1n) is 7.44. The van der Waals surface area contributed by atoms with E-state index < -0.39 is 0 Å². The molecule has 126 valence electrons. The number of carbonyl (C=O) groups is 2. The molecule has 1 heterocycles. The topological polar surface area (TPSA) is 88.9 Å². The van der Waals surface area contributed by atoms with Crippen LogP contribution in [-0.2, 0) is 9.59 Å². The minimum atomic E-state index is -0.355. The normalized spacial score (nSPS) is 13.6. The zero-order chi connectivity index (χ0) is 17.1. The third-order valence-corrected chi connectivity index (χ3v) is 4.34. The molecule has 1 saturated carbocycles. The number of thioether (sulfide) groups is 1. The highest BCUT2D eigenvalue weighted by Gasteiger charge is 2.31. The van der Waals surface area contributed by atoms with Gasteiger partial charge in [-0.3, -0.25) is 25.0 Å². The fourth-order valence-corrected chi connectivity index (χ4v) is 2.99. The van der Waals surface area contributed by atoms with Gasteiger partial charge >= 0.3 is 0 Å². The predicted octanol–water partition coefficient (Wildman–Crippen LogP) is 1.68. The van der Waals surface area contributed by atoms with Crippen molar-refractivity contribution in [3.63, 3.8) is 0 Å². The Hall–Kier alpha value is -2.42. The number of halogens is 1. The van der Waals surface area contributed by atoms with E-state index in [2.05, 4.69) is 21.0 Å². The third-order valence-electron chi connectivity index (χ3n) is 3.40. The van der Waals surface area contributed by atoms with Gasteiger partial charge in [-0.05, 0) is 25.0 Å². The zero-order valence-electron chi connectivity index (χ0n) is 13.0. The number of carbonyl (C=O) groups excluding carboxylic acids is 2. The highest BCUT2D eigenvalue weighted by atomic mass is 32.2. The van der Waals surface area contributed by atoms with E-state index in [9.17, 15) is 14.0 Å².